The van der Waals surface area contributed by atoms with E-state index < -0.39 is 17.2 Å². The number of carbonyl (C=O) groups excluding carboxylic acids is 3. The molecule has 4 aliphatic rings. The first-order valence-corrected chi connectivity index (χ1v) is 20.7. The van der Waals surface area contributed by atoms with Gasteiger partial charge >= 0.3 is 5.97 Å². The lowest BCUT2D eigenvalue weighted by Crippen LogP contribution is -2.67. The highest BCUT2D eigenvalue weighted by Gasteiger charge is 2.69. The topological polar surface area (TPSA) is 105 Å². The van der Waals surface area contributed by atoms with Crippen molar-refractivity contribution in [3.63, 3.8) is 0 Å². The molecule has 9 atom stereocenters. The van der Waals surface area contributed by atoms with Gasteiger partial charge in [-0.2, -0.15) is 0 Å². The average molecular weight is 745 g/mol. The van der Waals surface area contributed by atoms with Gasteiger partial charge in [-0.15, -0.1) is 0 Å². The molecule has 0 spiro atoms. The summed E-state index contributed by atoms with van der Waals surface area (Å²) in [5, 5.41) is 17.1. The molecule has 0 radical (unpaired) electrons. The van der Waals surface area contributed by atoms with E-state index in [1.807, 2.05) is 6.07 Å². The van der Waals surface area contributed by atoms with Crippen LogP contribution in [0.25, 0.3) is 0 Å². The van der Waals surface area contributed by atoms with E-state index in [9.17, 15) is 19.5 Å². The normalized spacial score (nSPS) is 35.5. The van der Waals surface area contributed by atoms with E-state index in [2.05, 4.69) is 59.1 Å². The van der Waals surface area contributed by atoms with Gasteiger partial charge in [0.25, 0.3) is 5.91 Å². The number of carbonyl (C=O) groups is 3. The third kappa shape index (κ3) is 6.60. The van der Waals surface area contributed by atoms with Crippen LogP contribution in [0.2, 0.25) is 0 Å². The number of nitrogens with one attached hydrogen (secondary N) is 2. The third-order valence-electron chi connectivity index (χ3n) is 16.4. The van der Waals surface area contributed by atoms with Gasteiger partial charge in [0.2, 0.25) is 5.91 Å². The van der Waals surface area contributed by atoms with Crippen molar-refractivity contribution in [3.05, 3.63) is 70.5 Å². The van der Waals surface area contributed by atoms with Crippen LogP contribution in [0.4, 0.5) is 4.39 Å². The van der Waals surface area contributed by atoms with Crippen molar-refractivity contribution in [1.82, 2.24) is 10.6 Å². The van der Waals surface area contributed by atoms with Crippen LogP contribution in [0.1, 0.15) is 145 Å². The van der Waals surface area contributed by atoms with E-state index in [-0.39, 0.29) is 52.0 Å². The molecule has 0 saturated heterocycles. The van der Waals surface area contributed by atoms with Crippen molar-refractivity contribution in [2.45, 2.75) is 132 Å². The molecule has 8 heteroatoms. The Balaban J connectivity index is 1.13. The Morgan fingerprint density at radius 3 is 2.35 bits per heavy atom. The maximum absolute atomic E-state index is 15.2. The molecule has 0 heterocycles. The van der Waals surface area contributed by atoms with E-state index >= 15 is 4.39 Å². The van der Waals surface area contributed by atoms with E-state index in [0.717, 1.165) is 56.9 Å². The minimum Gasteiger partial charge on any atom is -0.465 e. The largest absolute Gasteiger partial charge is 0.465 e. The standard InChI is InChI=1S/C46H65FN2O5/c1-9-20-46(24-23-44(6)34(29(46)2)14-16-37-43(5)21-18-38(50)42(3,4)36(43)17-22-45(37,44)7)41(53)49-28-33-27-31(13-15-35(33)47)39(51)48-25-19-30-11-10-12-32(26-30)40(52)54-8/h10-13,15,26-27,29,34,36-38,50H,9,14,16-25,28H2,1-8H3,(H,48,51)(H,49,53)/t29?,34?,36?,37?,38?,43?,44-,45?,46?/m1/s1. The quantitative estimate of drug-likeness (QED) is 0.211. The molecule has 7 nitrogen and oxygen atoms in total. The summed E-state index contributed by atoms with van der Waals surface area (Å²) >= 11 is 0. The molecule has 4 saturated carbocycles. The minimum atomic E-state index is -0.531. The molecule has 4 aliphatic carbocycles. The Morgan fingerprint density at radius 2 is 1.63 bits per heavy atom. The predicted molar refractivity (Wildman–Crippen MR) is 210 cm³/mol. The monoisotopic (exact) mass is 744 g/mol. The number of fused-ring (bicyclic) bond motifs is 5. The molecule has 0 bridgehead atoms. The Hall–Kier alpha value is -3.26. The van der Waals surface area contributed by atoms with Crippen LogP contribution < -0.4 is 10.6 Å². The number of methoxy groups -OCH3 is 1. The summed E-state index contributed by atoms with van der Waals surface area (Å²) in [5.41, 5.74) is 1.83. The van der Waals surface area contributed by atoms with Gasteiger partial charge < -0.3 is 20.5 Å². The van der Waals surface area contributed by atoms with Crippen molar-refractivity contribution < 1.29 is 28.6 Å². The molecule has 2 aromatic rings. The number of rotatable bonds is 10. The first kappa shape index (κ1) is 40.4. The highest BCUT2D eigenvalue weighted by atomic mass is 19.1. The number of hydrogen-bond donors (Lipinski definition) is 3. The third-order valence-corrected chi connectivity index (χ3v) is 16.4. The zero-order chi connectivity index (χ0) is 39.3. The van der Waals surface area contributed by atoms with Crippen molar-refractivity contribution in [2.75, 3.05) is 13.7 Å². The number of ether oxygens (including phenoxy) is 1. The van der Waals surface area contributed by atoms with Gasteiger partial charge in [-0.1, -0.05) is 67.0 Å². The van der Waals surface area contributed by atoms with Crippen LogP contribution in [0.15, 0.2) is 42.5 Å². The number of benzene rings is 2. The molecule has 3 N–H and O–H groups in total. The van der Waals surface area contributed by atoms with Crippen LogP contribution in [0, 0.1) is 56.6 Å². The van der Waals surface area contributed by atoms with Gasteiger partial charge in [0.05, 0.1) is 24.2 Å². The second kappa shape index (κ2) is 15.0. The van der Waals surface area contributed by atoms with Crippen LogP contribution in [0.3, 0.4) is 0 Å². The van der Waals surface area contributed by atoms with E-state index in [4.69, 9.17) is 4.74 Å². The highest BCUT2D eigenvalue weighted by molar-refractivity contribution is 5.94. The van der Waals surface area contributed by atoms with Crippen molar-refractivity contribution in [1.29, 1.82) is 0 Å². The van der Waals surface area contributed by atoms with Gasteiger partial charge in [-0.25, -0.2) is 9.18 Å². The number of amides is 2. The maximum atomic E-state index is 15.2. The second-order valence-electron chi connectivity index (χ2n) is 18.9. The van der Waals surface area contributed by atoms with Crippen LogP contribution in [-0.4, -0.2) is 42.6 Å². The Bertz CT molecular complexity index is 1740. The molecule has 0 aromatic heterocycles. The predicted octanol–water partition coefficient (Wildman–Crippen LogP) is 9.05. The molecule has 296 valence electrons. The fourth-order valence-corrected chi connectivity index (χ4v) is 13.2. The summed E-state index contributed by atoms with van der Waals surface area (Å²) in [5.74, 6) is 0.528. The minimum absolute atomic E-state index is 0.00769. The van der Waals surface area contributed by atoms with E-state index in [0.29, 0.717) is 47.4 Å². The average Bonchev–Trinajstić information content (AvgIpc) is 3.14. The van der Waals surface area contributed by atoms with Gasteiger partial charge in [-0.05, 0) is 145 Å². The Morgan fingerprint density at radius 1 is 0.870 bits per heavy atom. The maximum Gasteiger partial charge on any atom is 0.337 e. The first-order valence-electron chi connectivity index (χ1n) is 20.7. The smallest absolute Gasteiger partial charge is 0.337 e. The lowest BCUT2D eigenvalue weighted by atomic mass is 9.32. The lowest BCUT2D eigenvalue weighted by molar-refractivity contribution is -0.246. The van der Waals surface area contributed by atoms with Gasteiger partial charge in [0.15, 0.2) is 0 Å². The summed E-state index contributed by atoms with van der Waals surface area (Å²) in [6, 6.07) is 11.4. The van der Waals surface area contributed by atoms with Crippen molar-refractivity contribution in [3.8, 4) is 0 Å². The molecule has 6 rings (SSSR count). The molecular formula is C46H65FN2O5. The number of aliphatic hydroxyl groups is 1. The fourth-order valence-electron chi connectivity index (χ4n) is 13.2. The van der Waals surface area contributed by atoms with Crippen LogP contribution in [0.5, 0.6) is 0 Å². The number of halogens is 1. The molecule has 4 fully saturated rings. The first-order chi connectivity index (χ1) is 25.5. The zero-order valence-electron chi connectivity index (χ0n) is 34.1. The van der Waals surface area contributed by atoms with E-state index in [1.54, 1.807) is 24.3 Å². The summed E-state index contributed by atoms with van der Waals surface area (Å²) in [4.78, 5) is 39.5. The summed E-state index contributed by atoms with van der Waals surface area (Å²) in [7, 11) is 1.34. The Labute approximate surface area is 323 Å². The summed E-state index contributed by atoms with van der Waals surface area (Å²) in [6.07, 6.45) is 10.4. The summed E-state index contributed by atoms with van der Waals surface area (Å²) in [6.45, 7) is 17.1. The fraction of sp³-hybridized carbons (Fsp3) is 0.674. The van der Waals surface area contributed by atoms with Gasteiger partial charge in [0.1, 0.15) is 5.82 Å². The lowest BCUT2D eigenvalue weighted by Gasteiger charge is -2.72. The van der Waals surface area contributed by atoms with Crippen molar-refractivity contribution in [2.24, 2.45) is 50.7 Å². The SMILES string of the molecule is CCCC1(C(=O)NCc2cc(C(=O)NCCc3cccc(C(=O)OC)c3)ccc2F)CC[C@]2(C)C(CCC3C4(C)CCC(O)C(C)(C)C4CCC32C)C1C. The summed E-state index contributed by atoms with van der Waals surface area (Å²) < 4.78 is 20.0. The molecule has 0 aliphatic heterocycles. The van der Waals surface area contributed by atoms with E-state index in [1.165, 1.54) is 32.1 Å². The molecule has 2 aromatic carbocycles. The van der Waals surface area contributed by atoms with Crippen molar-refractivity contribution >= 4 is 17.8 Å². The zero-order valence-corrected chi connectivity index (χ0v) is 34.1. The molecule has 54 heavy (non-hydrogen) atoms. The van der Waals surface area contributed by atoms with Crippen LogP contribution in [-0.2, 0) is 22.5 Å². The molecular weight excluding hydrogens is 680 g/mol. The second-order valence-corrected chi connectivity index (χ2v) is 18.9. The molecule has 8 unspecified atom stereocenters. The number of aliphatic hydroxyl groups excluding tert-OH is 1. The highest BCUT2D eigenvalue weighted by Crippen LogP contribution is 2.75. The number of esters is 1. The number of hydrogen-bond acceptors (Lipinski definition) is 5. The van der Waals surface area contributed by atoms with Gasteiger partial charge in [-0.3, -0.25) is 9.59 Å². The van der Waals surface area contributed by atoms with Gasteiger partial charge in [0, 0.05) is 24.2 Å². The molecule has 2 amide bonds. The van der Waals surface area contributed by atoms with Crippen LogP contribution >= 0.6 is 0 Å². The Kier molecular flexibility index (Phi) is 11.2.